The summed E-state index contributed by atoms with van der Waals surface area (Å²) in [5, 5.41) is 10.6. The summed E-state index contributed by atoms with van der Waals surface area (Å²) in [6.07, 6.45) is 5.37. The third-order valence-electron chi connectivity index (χ3n) is 2.55. The van der Waals surface area contributed by atoms with Gasteiger partial charge in [0.15, 0.2) is 5.82 Å². The van der Waals surface area contributed by atoms with Gasteiger partial charge in [-0.15, -0.1) is 0 Å². The topological polar surface area (TPSA) is 70.7 Å². The number of hydrogen-bond donors (Lipinski definition) is 2. The number of aromatic nitrogens is 3. The van der Waals surface area contributed by atoms with E-state index in [2.05, 4.69) is 20.5 Å². The first-order valence-corrected chi connectivity index (χ1v) is 4.93. The molecule has 2 aromatic rings. The molecule has 0 saturated heterocycles. The number of H-pyrrole nitrogens is 1. The van der Waals surface area contributed by atoms with Gasteiger partial charge in [-0.1, -0.05) is 0 Å². The summed E-state index contributed by atoms with van der Waals surface area (Å²) in [5.74, 6) is 0.864. The van der Waals surface area contributed by atoms with Crippen LogP contribution in [0.1, 0.15) is 12.8 Å². The zero-order chi connectivity index (χ0) is 10.3. The van der Waals surface area contributed by atoms with Crippen molar-refractivity contribution in [2.24, 2.45) is 5.92 Å². The molecule has 1 aliphatic rings. The maximum Gasteiger partial charge on any atom is 0.228 e. The number of nitrogens with zero attached hydrogens (tertiary/aromatic N) is 2. The minimum absolute atomic E-state index is 0.0696. The van der Waals surface area contributed by atoms with E-state index in [1.165, 1.54) is 0 Å². The molecular weight excluding hydrogens is 192 g/mol. The van der Waals surface area contributed by atoms with Gasteiger partial charge in [-0.25, -0.2) is 0 Å². The molecule has 0 bridgehead atoms. The van der Waals surface area contributed by atoms with E-state index in [1.807, 2.05) is 6.07 Å². The van der Waals surface area contributed by atoms with Gasteiger partial charge in [-0.2, -0.15) is 5.10 Å². The van der Waals surface area contributed by atoms with Gasteiger partial charge in [-0.3, -0.25) is 14.9 Å². The van der Waals surface area contributed by atoms with Crippen LogP contribution in [-0.2, 0) is 4.79 Å². The van der Waals surface area contributed by atoms with E-state index in [0.717, 1.165) is 23.7 Å². The SMILES string of the molecule is O=C(Nc1n[nH]c2cnccc12)C1CC1. The van der Waals surface area contributed by atoms with Crippen molar-refractivity contribution in [3.05, 3.63) is 18.5 Å². The van der Waals surface area contributed by atoms with Crippen LogP contribution in [0.25, 0.3) is 10.9 Å². The first-order valence-electron chi connectivity index (χ1n) is 4.93. The Kier molecular flexibility index (Phi) is 1.71. The van der Waals surface area contributed by atoms with E-state index < -0.39 is 0 Å². The Morgan fingerprint density at radius 2 is 2.40 bits per heavy atom. The van der Waals surface area contributed by atoms with Crippen LogP contribution in [-0.4, -0.2) is 21.1 Å². The van der Waals surface area contributed by atoms with Crippen molar-refractivity contribution in [3.63, 3.8) is 0 Å². The smallest absolute Gasteiger partial charge is 0.228 e. The molecule has 1 aliphatic carbocycles. The summed E-state index contributed by atoms with van der Waals surface area (Å²) >= 11 is 0. The highest BCUT2D eigenvalue weighted by atomic mass is 16.2. The zero-order valence-corrected chi connectivity index (χ0v) is 8.03. The highest BCUT2D eigenvalue weighted by Crippen LogP contribution is 2.30. The molecule has 5 nitrogen and oxygen atoms in total. The van der Waals surface area contributed by atoms with E-state index in [-0.39, 0.29) is 11.8 Å². The Balaban J connectivity index is 1.93. The van der Waals surface area contributed by atoms with Crippen molar-refractivity contribution in [2.75, 3.05) is 5.32 Å². The van der Waals surface area contributed by atoms with Gasteiger partial charge in [-0.05, 0) is 18.9 Å². The number of anilines is 1. The molecular formula is C10H10N4O. The van der Waals surface area contributed by atoms with E-state index in [1.54, 1.807) is 12.4 Å². The lowest BCUT2D eigenvalue weighted by Crippen LogP contribution is -2.13. The van der Waals surface area contributed by atoms with Crippen molar-refractivity contribution in [2.45, 2.75) is 12.8 Å². The second-order valence-corrected chi connectivity index (χ2v) is 3.76. The molecule has 1 amide bonds. The van der Waals surface area contributed by atoms with Crippen LogP contribution in [0.3, 0.4) is 0 Å². The molecule has 2 aromatic heterocycles. The quantitative estimate of drug-likeness (QED) is 0.771. The molecule has 1 saturated carbocycles. The van der Waals surface area contributed by atoms with Crippen LogP contribution in [0.15, 0.2) is 18.5 Å². The lowest BCUT2D eigenvalue weighted by molar-refractivity contribution is -0.117. The van der Waals surface area contributed by atoms with E-state index >= 15 is 0 Å². The first-order chi connectivity index (χ1) is 7.34. The molecule has 0 aliphatic heterocycles. The van der Waals surface area contributed by atoms with Crippen LogP contribution in [0.4, 0.5) is 5.82 Å². The van der Waals surface area contributed by atoms with Crippen molar-refractivity contribution in [1.82, 2.24) is 15.2 Å². The standard InChI is InChI=1S/C10H10N4O/c15-10(6-1-2-6)12-9-7-3-4-11-5-8(7)13-14-9/h3-6H,1-2H2,(H2,12,13,14,15). The number of carbonyl (C=O) groups excluding carboxylic acids is 1. The maximum absolute atomic E-state index is 11.5. The Labute approximate surface area is 85.9 Å². The van der Waals surface area contributed by atoms with Gasteiger partial charge in [0, 0.05) is 17.5 Å². The molecule has 1 fully saturated rings. The average Bonchev–Trinajstić information content (AvgIpc) is 3.03. The fourth-order valence-corrected chi connectivity index (χ4v) is 1.53. The fraction of sp³-hybridized carbons (Fsp3) is 0.300. The maximum atomic E-state index is 11.5. The van der Waals surface area contributed by atoms with Crippen molar-refractivity contribution >= 4 is 22.6 Å². The Morgan fingerprint density at radius 1 is 1.53 bits per heavy atom. The second kappa shape index (κ2) is 3.05. The van der Waals surface area contributed by atoms with Crippen LogP contribution in [0, 0.1) is 5.92 Å². The Morgan fingerprint density at radius 3 is 3.20 bits per heavy atom. The summed E-state index contributed by atoms with van der Waals surface area (Å²) in [5.41, 5.74) is 0.837. The van der Waals surface area contributed by atoms with Crippen LogP contribution < -0.4 is 5.32 Å². The van der Waals surface area contributed by atoms with E-state index in [0.29, 0.717) is 5.82 Å². The molecule has 3 rings (SSSR count). The van der Waals surface area contributed by atoms with Gasteiger partial charge in [0.05, 0.1) is 11.7 Å². The second-order valence-electron chi connectivity index (χ2n) is 3.76. The van der Waals surface area contributed by atoms with Crippen LogP contribution in [0.2, 0.25) is 0 Å². The Bertz CT molecular complexity index is 515. The highest BCUT2D eigenvalue weighted by molar-refractivity contribution is 6.00. The van der Waals surface area contributed by atoms with Gasteiger partial charge >= 0.3 is 0 Å². The number of nitrogens with one attached hydrogen (secondary N) is 2. The fourth-order valence-electron chi connectivity index (χ4n) is 1.53. The molecule has 0 radical (unpaired) electrons. The summed E-state index contributed by atoms with van der Waals surface area (Å²) in [6.45, 7) is 0. The predicted molar refractivity (Wildman–Crippen MR) is 55.2 cm³/mol. The number of hydrogen-bond acceptors (Lipinski definition) is 3. The summed E-state index contributed by atoms with van der Waals surface area (Å²) < 4.78 is 0. The molecule has 2 heterocycles. The summed E-state index contributed by atoms with van der Waals surface area (Å²) in [7, 11) is 0. The first kappa shape index (κ1) is 8.40. The minimum atomic E-state index is 0.0696. The molecule has 0 unspecified atom stereocenters. The predicted octanol–water partition coefficient (Wildman–Crippen LogP) is 1.31. The molecule has 0 spiro atoms. The van der Waals surface area contributed by atoms with E-state index in [9.17, 15) is 4.79 Å². The monoisotopic (exact) mass is 202 g/mol. The average molecular weight is 202 g/mol. The number of rotatable bonds is 2. The lowest BCUT2D eigenvalue weighted by Gasteiger charge is -1.99. The number of carbonyl (C=O) groups is 1. The molecule has 2 N–H and O–H groups in total. The molecule has 0 aromatic carbocycles. The number of fused-ring (bicyclic) bond motifs is 1. The zero-order valence-electron chi connectivity index (χ0n) is 8.03. The van der Waals surface area contributed by atoms with Crippen LogP contribution in [0.5, 0.6) is 0 Å². The third-order valence-corrected chi connectivity index (χ3v) is 2.55. The lowest BCUT2D eigenvalue weighted by atomic mass is 10.3. The Hall–Kier alpha value is -1.91. The van der Waals surface area contributed by atoms with Crippen molar-refractivity contribution in [1.29, 1.82) is 0 Å². The summed E-state index contributed by atoms with van der Waals surface area (Å²) in [4.78, 5) is 15.5. The number of amides is 1. The third kappa shape index (κ3) is 1.45. The largest absolute Gasteiger partial charge is 0.308 e. The van der Waals surface area contributed by atoms with Gasteiger partial charge < -0.3 is 5.32 Å². The number of aromatic amines is 1. The molecule has 15 heavy (non-hydrogen) atoms. The normalized spacial score (nSPS) is 15.5. The molecule has 76 valence electrons. The van der Waals surface area contributed by atoms with Gasteiger partial charge in [0.25, 0.3) is 0 Å². The van der Waals surface area contributed by atoms with Crippen LogP contribution >= 0.6 is 0 Å². The van der Waals surface area contributed by atoms with Gasteiger partial charge in [0.2, 0.25) is 5.91 Å². The van der Waals surface area contributed by atoms with Crippen molar-refractivity contribution in [3.8, 4) is 0 Å². The van der Waals surface area contributed by atoms with Crippen molar-refractivity contribution < 1.29 is 4.79 Å². The van der Waals surface area contributed by atoms with E-state index in [4.69, 9.17) is 0 Å². The highest BCUT2D eigenvalue weighted by Gasteiger charge is 2.30. The summed E-state index contributed by atoms with van der Waals surface area (Å²) in [6, 6.07) is 1.83. The molecule has 5 heteroatoms. The molecule has 0 atom stereocenters. The minimum Gasteiger partial charge on any atom is -0.308 e. The number of pyridine rings is 1. The van der Waals surface area contributed by atoms with Gasteiger partial charge in [0.1, 0.15) is 0 Å².